The Hall–Kier alpha value is -1.80. The molecule has 5 fully saturated rings. The van der Waals surface area contributed by atoms with E-state index in [-0.39, 0.29) is 17.0 Å². The molecule has 0 aromatic carbocycles. The molecular formula is C28H45N5O3. The molecule has 8 heteroatoms. The Kier molecular flexibility index (Phi) is 5.69. The number of amides is 1. The smallest absolute Gasteiger partial charge is 0.410 e. The van der Waals surface area contributed by atoms with Crippen LogP contribution in [0.5, 0.6) is 0 Å². The summed E-state index contributed by atoms with van der Waals surface area (Å²) in [6.07, 6.45) is 7.00. The number of fused-ring (bicyclic) bond motifs is 2. The molecule has 4 saturated heterocycles. The van der Waals surface area contributed by atoms with Crippen molar-refractivity contribution < 1.29 is 14.3 Å². The number of morpholine rings is 1. The van der Waals surface area contributed by atoms with E-state index < -0.39 is 5.60 Å². The fourth-order valence-electron chi connectivity index (χ4n) is 7.87. The van der Waals surface area contributed by atoms with Crippen molar-refractivity contribution in [1.29, 1.82) is 0 Å². The van der Waals surface area contributed by atoms with Gasteiger partial charge in [0.1, 0.15) is 5.60 Å². The van der Waals surface area contributed by atoms with Gasteiger partial charge in [0.2, 0.25) is 0 Å². The van der Waals surface area contributed by atoms with Crippen LogP contribution in [0.3, 0.4) is 0 Å². The summed E-state index contributed by atoms with van der Waals surface area (Å²) in [6, 6.07) is 4.63. The van der Waals surface area contributed by atoms with Crippen LogP contribution in [0.15, 0.2) is 6.07 Å². The van der Waals surface area contributed by atoms with Crippen molar-refractivity contribution in [2.45, 2.75) is 115 Å². The monoisotopic (exact) mass is 499 g/mol. The third-order valence-corrected chi connectivity index (χ3v) is 9.44. The number of aryl methyl sites for hydroxylation is 1. The Labute approximate surface area is 216 Å². The van der Waals surface area contributed by atoms with Gasteiger partial charge in [0.25, 0.3) is 0 Å². The van der Waals surface area contributed by atoms with Crippen LogP contribution in [-0.2, 0) is 9.47 Å². The summed E-state index contributed by atoms with van der Waals surface area (Å²) in [4.78, 5) is 19.6. The quantitative estimate of drug-likeness (QED) is 0.615. The highest BCUT2D eigenvalue weighted by Crippen LogP contribution is 2.54. The molecule has 5 heterocycles. The Morgan fingerprint density at radius 3 is 2.31 bits per heavy atom. The second-order valence-electron chi connectivity index (χ2n) is 14.0. The van der Waals surface area contributed by atoms with E-state index in [9.17, 15) is 4.79 Å². The Morgan fingerprint density at radius 1 is 1.03 bits per heavy atom. The second kappa shape index (κ2) is 8.35. The minimum absolute atomic E-state index is 0.0784. The summed E-state index contributed by atoms with van der Waals surface area (Å²) >= 11 is 0. The highest BCUT2D eigenvalue weighted by Gasteiger charge is 2.55. The fourth-order valence-corrected chi connectivity index (χ4v) is 7.87. The Morgan fingerprint density at radius 2 is 1.69 bits per heavy atom. The maximum absolute atomic E-state index is 12.3. The van der Waals surface area contributed by atoms with E-state index in [1.165, 1.54) is 31.4 Å². The van der Waals surface area contributed by atoms with Crippen molar-refractivity contribution in [2.75, 3.05) is 37.7 Å². The molecule has 1 aliphatic carbocycles. The molecule has 6 rings (SSSR count). The van der Waals surface area contributed by atoms with Gasteiger partial charge in [0.15, 0.2) is 5.82 Å². The number of carbonyl (C=O) groups is 1. The maximum atomic E-state index is 12.3. The van der Waals surface area contributed by atoms with E-state index in [0.717, 1.165) is 51.5 Å². The zero-order chi connectivity index (χ0) is 25.5. The first kappa shape index (κ1) is 24.5. The van der Waals surface area contributed by atoms with Crippen LogP contribution in [0, 0.1) is 12.3 Å². The first-order chi connectivity index (χ1) is 16.9. The molecule has 1 aromatic heterocycles. The number of piperidine rings is 1. The van der Waals surface area contributed by atoms with Gasteiger partial charge in [-0.25, -0.2) is 4.79 Å². The zero-order valence-corrected chi connectivity index (χ0v) is 23.1. The van der Waals surface area contributed by atoms with E-state index in [1.807, 2.05) is 25.7 Å². The molecule has 1 spiro atoms. The molecule has 8 nitrogen and oxygen atoms in total. The lowest BCUT2D eigenvalue weighted by Crippen LogP contribution is -2.64. The predicted octanol–water partition coefficient (Wildman–Crippen LogP) is 4.37. The Balaban J connectivity index is 1.07. The third-order valence-electron chi connectivity index (χ3n) is 9.44. The summed E-state index contributed by atoms with van der Waals surface area (Å²) < 4.78 is 13.7. The SMILES string of the molecule is Cc1cc(N2CCC(N3[C@@H]4CC[C@H]3COC4)CC2(C)C)nn1C1CC2(C1)CN(C(=O)OC(C)(C)C)C2. The summed E-state index contributed by atoms with van der Waals surface area (Å²) in [5.41, 5.74) is 1.15. The number of nitrogens with zero attached hydrogens (tertiary/aromatic N) is 5. The average Bonchev–Trinajstić information content (AvgIpc) is 3.19. The molecule has 5 aliphatic rings. The van der Waals surface area contributed by atoms with E-state index in [0.29, 0.717) is 24.2 Å². The molecular weight excluding hydrogens is 454 g/mol. The molecule has 0 N–H and O–H groups in total. The molecule has 1 unspecified atom stereocenters. The van der Waals surface area contributed by atoms with E-state index >= 15 is 0 Å². The van der Waals surface area contributed by atoms with Crippen LogP contribution in [0.25, 0.3) is 0 Å². The standard InChI is InChI=1S/C28H45N5O3/c1-19-11-24(29-33(19)23-13-28(14-23)17-30(18-28)25(34)36-26(2,3)4)31-10-9-20(12-27(31,5)6)32-21-7-8-22(32)16-35-15-21/h11,20-23H,7-10,12-18H2,1-6H3/t20?,21-,22+. The van der Waals surface area contributed by atoms with Gasteiger partial charge in [-0.15, -0.1) is 0 Å². The molecule has 36 heavy (non-hydrogen) atoms. The minimum atomic E-state index is -0.436. The highest BCUT2D eigenvalue weighted by molar-refractivity contribution is 5.69. The number of likely N-dealkylation sites (tertiary alicyclic amines) is 1. The number of hydrogen-bond donors (Lipinski definition) is 0. The zero-order valence-electron chi connectivity index (χ0n) is 23.1. The fraction of sp³-hybridized carbons (Fsp3) is 0.857. The molecule has 1 saturated carbocycles. The number of aromatic nitrogens is 2. The molecule has 200 valence electrons. The first-order valence-electron chi connectivity index (χ1n) is 14.1. The lowest BCUT2D eigenvalue weighted by Gasteiger charge is -2.58. The van der Waals surface area contributed by atoms with E-state index in [1.54, 1.807) is 0 Å². The first-order valence-corrected chi connectivity index (χ1v) is 14.1. The lowest BCUT2D eigenvalue weighted by atomic mass is 9.61. The second-order valence-corrected chi connectivity index (χ2v) is 14.0. The highest BCUT2D eigenvalue weighted by atomic mass is 16.6. The summed E-state index contributed by atoms with van der Waals surface area (Å²) in [6.45, 7) is 17.3. The third kappa shape index (κ3) is 4.22. The van der Waals surface area contributed by atoms with Crippen molar-refractivity contribution in [2.24, 2.45) is 5.41 Å². The van der Waals surface area contributed by atoms with Gasteiger partial charge in [0.05, 0.1) is 19.3 Å². The van der Waals surface area contributed by atoms with Crippen LogP contribution in [0.4, 0.5) is 10.6 Å². The van der Waals surface area contributed by atoms with Crippen LogP contribution in [0.1, 0.15) is 84.9 Å². The van der Waals surface area contributed by atoms with Crippen molar-refractivity contribution in [3.63, 3.8) is 0 Å². The van der Waals surface area contributed by atoms with Gasteiger partial charge in [-0.3, -0.25) is 9.58 Å². The minimum Gasteiger partial charge on any atom is -0.444 e. The summed E-state index contributed by atoms with van der Waals surface area (Å²) in [7, 11) is 0. The summed E-state index contributed by atoms with van der Waals surface area (Å²) in [5, 5.41) is 5.16. The van der Waals surface area contributed by atoms with E-state index in [4.69, 9.17) is 14.6 Å². The van der Waals surface area contributed by atoms with Crippen LogP contribution >= 0.6 is 0 Å². The largest absolute Gasteiger partial charge is 0.444 e. The molecule has 3 atom stereocenters. The van der Waals surface area contributed by atoms with E-state index in [2.05, 4.69) is 41.3 Å². The number of rotatable bonds is 3. The number of anilines is 1. The molecule has 1 aromatic rings. The van der Waals surface area contributed by atoms with Gasteiger partial charge in [0, 0.05) is 60.5 Å². The molecule has 2 bridgehead atoms. The average molecular weight is 500 g/mol. The van der Waals surface area contributed by atoms with Crippen molar-refractivity contribution in [1.82, 2.24) is 19.6 Å². The van der Waals surface area contributed by atoms with Crippen molar-refractivity contribution >= 4 is 11.9 Å². The van der Waals surface area contributed by atoms with Gasteiger partial charge < -0.3 is 19.3 Å². The van der Waals surface area contributed by atoms with Crippen LogP contribution in [0.2, 0.25) is 0 Å². The van der Waals surface area contributed by atoms with Crippen molar-refractivity contribution in [3.8, 4) is 0 Å². The van der Waals surface area contributed by atoms with Crippen molar-refractivity contribution in [3.05, 3.63) is 11.8 Å². The normalized spacial score (nSPS) is 31.9. The molecule has 4 aliphatic heterocycles. The lowest BCUT2D eigenvalue weighted by molar-refractivity contribution is -0.0930. The molecule has 0 radical (unpaired) electrons. The van der Waals surface area contributed by atoms with Crippen LogP contribution in [-0.4, -0.2) is 87.8 Å². The number of ether oxygens (including phenoxy) is 2. The predicted molar refractivity (Wildman–Crippen MR) is 139 cm³/mol. The van der Waals surface area contributed by atoms with Gasteiger partial charge in [-0.2, -0.15) is 5.10 Å². The van der Waals surface area contributed by atoms with Gasteiger partial charge >= 0.3 is 6.09 Å². The van der Waals surface area contributed by atoms with Gasteiger partial charge in [-0.05, 0) is 80.1 Å². The number of hydrogen-bond acceptors (Lipinski definition) is 6. The Bertz CT molecular complexity index is 983. The molecule has 1 amide bonds. The van der Waals surface area contributed by atoms with Gasteiger partial charge in [-0.1, -0.05) is 0 Å². The maximum Gasteiger partial charge on any atom is 0.410 e. The topological polar surface area (TPSA) is 63.1 Å². The van der Waals surface area contributed by atoms with Crippen LogP contribution < -0.4 is 4.90 Å². The summed E-state index contributed by atoms with van der Waals surface area (Å²) in [5.74, 6) is 1.13. The number of carbonyl (C=O) groups excluding carboxylic acids is 1.